The number of carbonyl (C=O) groups is 1. The summed E-state index contributed by atoms with van der Waals surface area (Å²) in [7, 11) is 0. The van der Waals surface area contributed by atoms with Crippen molar-refractivity contribution in [1.82, 2.24) is 9.97 Å². The van der Waals surface area contributed by atoms with Crippen LogP contribution in [0.5, 0.6) is 5.75 Å². The lowest BCUT2D eigenvalue weighted by Gasteiger charge is -2.16. The van der Waals surface area contributed by atoms with Crippen molar-refractivity contribution < 1.29 is 23.1 Å². The van der Waals surface area contributed by atoms with Gasteiger partial charge in [-0.25, -0.2) is 9.97 Å². The average Bonchev–Trinajstić information content (AvgIpc) is 2.93. The second-order valence-corrected chi connectivity index (χ2v) is 9.07. The number of hydrogen-bond acceptors (Lipinski definition) is 6. The predicted molar refractivity (Wildman–Crippen MR) is 145 cm³/mol. The van der Waals surface area contributed by atoms with Crippen LogP contribution in [-0.2, 0) is 6.18 Å². The molecule has 0 radical (unpaired) electrons. The second kappa shape index (κ2) is 10.0. The van der Waals surface area contributed by atoms with E-state index in [-0.39, 0.29) is 22.9 Å². The smallest absolute Gasteiger partial charge is 0.416 e. The summed E-state index contributed by atoms with van der Waals surface area (Å²) in [4.78, 5) is 21.4. The lowest BCUT2D eigenvalue weighted by molar-refractivity contribution is -0.137. The van der Waals surface area contributed by atoms with E-state index in [0.29, 0.717) is 38.7 Å². The quantitative estimate of drug-likeness (QED) is 0.233. The summed E-state index contributed by atoms with van der Waals surface area (Å²) in [6, 6.07) is 19.5. The minimum Gasteiger partial charge on any atom is -0.507 e. The number of nitrogens with two attached hydrogens (primary N) is 1. The highest BCUT2D eigenvalue weighted by Gasteiger charge is 2.30. The Hall–Kier alpha value is -5.43. The zero-order chi connectivity index (χ0) is 28.6. The molecule has 4 aromatic carbocycles. The summed E-state index contributed by atoms with van der Waals surface area (Å²) in [5, 5.41) is 23.8. The maximum atomic E-state index is 13.1. The molecule has 0 spiro atoms. The van der Waals surface area contributed by atoms with Gasteiger partial charge < -0.3 is 16.2 Å². The zero-order valence-corrected chi connectivity index (χ0v) is 20.9. The molecular weight excluding hydrogens is 519 g/mol. The van der Waals surface area contributed by atoms with Crippen molar-refractivity contribution in [2.45, 2.75) is 13.1 Å². The Morgan fingerprint density at radius 3 is 2.48 bits per heavy atom. The Bertz CT molecular complexity index is 1830. The molecule has 40 heavy (non-hydrogen) atoms. The van der Waals surface area contributed by atoms with E-state index in [4.69, 9.17) is 5.73 Å². The molecule has 5 aromatic rings. The third-order valence-electron chi connectivity index (χ3n) is 6.40. The molecule has 0 atom stereocenters. The number of phenolic OH excluding ortho intramolecular Hbond substituents is 1. The maximum Gasteiger partial charge on any atom is 0.416 e. The van der Waals surface area contributed by atoms with Crippen molar-refractivity contribution in [2.24, 2.45) is 0 Å². The number of nitrogens with one attached hydrogen (secondary N) is 1. The Morgan fingerprint density at radius 2 is 1.77 bits per heavy atom. The van der Waals surface area contributed by atoms with E-state index < -0.39 is 17.6 Å². The number of nitrogens with zero attached hydrogens (tertiary/aromatic N) is 3. The Balaban J connectivity index is 1.61. The van der Waals surface area contributed by atoms with Crippen LogP contribution in [0.2, 0.25) is 0 Å². The summed E-state index contributed by atoms with van der Waals surface area (Å²) >= 11 is 0. The van der Waals surface area contributed by atoms with Gasteiger partial charge in [0.2, 0.25) is 5.95 Å². The summed E-state index contributed by atoms with van der Waals surface area (Å²) in [5.74, 6) is -0.739. The van der Waals surface area contributed by atoms with Gasteiger partial charge in [-0.05, 0) is 72.1 Å². The van der Waals surface area contributed by atoms with Crippen LogP contribution >= 0.6 is 0 Å². The lowest BCUT2D eigenvalue weighted by atomic mass is 9.91. The number of aryl methyl sites for hydroxylation is 1. The number of phenols is 1. The van der Waals surface area contributed by atoms with Gasteiger partial charge >= 0.3 is 6.18 Å². The molecule has 7 nitrogen and oxygen atoms in total. The highest BCUT2D eigenvalue weighted by atomic mass is 19.4. The Morgan fingerprint density at radius 1 is 1.02 bits per heavy atom. The number of anilines is 2. The fourth-order valence-electron chi connectivity index (χ4n) is 4.40. The largest absolute Gasteiger partial charge is 0.507 e. The monoisotopic (exact) mass is 539 g/mol. The number of aromatic hydroxyl groups is 1. The van der Waals surface area contributed by atoms with Crippen molar-refractivity contribution in [2.75, 3.05) is 11.1 Å². The molecule has 10 heteroatoms. The first-order valence-electron chi connectivity index (χ1n) is 11.9. The van der Waals surface area contributed by atoms with Gasteiger partial charge in [0.05, 0.1) is 28.3 Å². The van der Waals surface area contributed by atoms with Gasteiger partial charge in [0, 0.05) is 28.4 Å². The van der Waals surface area contributed by atoms with Crippen LogP contribution in [0.3, 0.4) is 0 Å². The Kier molecular flexibility index (Phi) is 6.57. The molecule has 0 aliphatic heterocycles. The summed E-state index contributed by atoms with van der Waals surface area (Å²) in [6.45, 7) is 1.80. The number of carbonyl (C=O) groups excluding carboxylic acids is 1. The van der Waals surface area contributed by atoms with Crippen molar-refractivity contribution in [3.05, 3.63) is 101 Å². The zero-order valence-electron chi connectivity index (χ0n) is 20.9. The number of hydrogen-bond donors (Lipinski definition) is 3. The van der Waals surface area contributed by atoms with Crippen LogP contribution in [0.4, 0.5) is 24.8 Å². The molecule has 4 N–H and O–H groups in total. The highest BCUT2D eigenvalue weighted by Crippen LogP contribution is 2.44. The van der Waals surface area contributed by atoms with Gasteiger partial charge in [-0.2, -0.15) is 18.4 Å². The summed E-state index contributed by atoms with van der Waals surface area (Å²) < 4.78 is 39.3. The van der Waals surface area contributed by atoms with E-state index in [1.165, 1.54) is 18.3 Å². The number of fused-ring (bicyclic) bond motifs is 1. The predicted octanol–water partition coefficient (Wildman–Crippen LogP) is 6.70. The number of nitrogen functional groups attached to an aromatic ring is 1. The maximum absolute atomic E-state index is 13.1. The van der Waals surface area contributed by atoms with Crippen molar-refractivity contribution in [1.29, 1.82) is 5.26 Å². The molecule has 198 valence electrons. The van der Waals surface area contributed by atoms with Crippen LogP contribution in [-0.4, -0.2) is 21.0 Å². The third-order valence-corrected chi connectivity index (χ3v) is 6.40. The van der Waals surface area contributed by atoms with Crippen molar-refractivity contribution in [3.63, 3.8) is 0 Å². The minimum atomic E-state index is -4.55. The topological polar surface area (TPSA) is 125 Å². The van der Waals surface area contributed by atoms with Crippen LogP contribution in [0, 0.1) is 18.3 Å². The number of alkyl halides is 3. The van der Waals surface area contributed by atoms with E-state index >= 15 is 0 Å². The molecule has 0 aliphatic carbocycles. The molecule has 0 saturated heterocycles. The van der Waals surface area contributed by atoms with E-state index in [2.05, 4.69) is 21.4 Å². The van der Waals surface area contributed by atoms with Crippen molar-refractivity contribution in [3.8, 4) is 34.1 Å². The molecular formula is C30H20F3N5O2. The molecule has 0 bridgehead atoms. The molecule has 5 rings (SSSR count). The van der Waals surface area contributed by atoms with Crippen LogP contribution in [0.15, 0.2) is 79.0 Å². The number of benzene rings is 4. The Labute approximate surface area is 226 Å². The third kappa shape index (κ3) is 5.00. The lowest BCUT2D eigenvalue weighted by Crippen LogP contribution is -2.13. The number of rotatable bonds is 4. The van der Waals surface area contributed by atoms with E-state index in [0.717, 1.165) is 17.7 Å². The molecule has 0 fully saturated rings. The van der Waals surface area contributed by atoms with E-state index in [9.17, 15) is 28.3 Å². The highest BCUT2D eigenvalue weighted by molar-refractivity contribution is 6.06. The number of amides is 1. The normalized spacial score (nSPS) is 11.3. The number of halogens is 3. The molecule has 0 aliphatic rings. The number of nitriles is 1. The standard InChI is InChI=1S/C30H20F3N5O2/c1-16-5-8-19(28(40)37-22-4-2-3-21(13-22)30(31,32)33)11-23(16)24-12-20-15-36-29(35)38-26(20)25(27(24)39)18-9-6-17(14-34)7-10-18/h2-13,15,39H,1H3,(H,37,40)(H2,35,36,38). The van der Waals surface area contributed by atoms with Gasteiger partial charge in [-0.1, -0.05) is 24.3 Å². The SMILES string of the molecule is Cc1ccc(C(=O)Nc2cccc(C(F)(F)F)c2)cc1-c1cc2cnc(N)nc2c(-c2ccc(C#N)cc2)c1O. The minimum absolute atomic E-state index is 0.00616. The van der Waals surface area contributed by atoms with Gasteiger partial charge in [-0.15, -0.1) is 0 Å². The molecule has 0 saturated carbocycles. The summed E-state index contributed by atoms with van der Waals surface area (Å²) in [5.41, 5.74) is 8.53. The molecule has 1 amide bonds. The van der Waals surface area contributed by atoms with Crippen LogP contribution in [0.1, 0.15) is 27.0 Å². The average molecular weight is 540 g/mol. The first-order valence-corrected chi connectivity index (χ1v) is 11.9. The van der Waals surface area contributed by atoms with Crippen LogP contribution < -0.4 is 11.1 Å². The number of aromatic nitrogens is 2. The van der Waals surface area contributed by atoms with E-state index in [1.54, 1.807) is 55.5 Å². The van der Waals surface area contributed by atoms with E-state index in [1.807, 2.05) is 0 Å². The van der Waals surface area contributed by atoms with Gasteiger partial charge in [0.15, 0.2) is 0 Å². The van der Waals surface area contributed by atoms with Crippen LogP contribution in [0.25, 0.3) is 33.2 Å². The second-order valence-electron chi connectivity index (χ2n) is 9.07. The molecule has 1 aromatic heterocycles. The van der Waals surface area contributed by atoms with Gasteiger partial charge in [-0.3, -0.25) is 4.79 Å². The fourth-order valence-corrected chi connectivity index (χ4v) is 4.40. The molecule has 0 unspecified atom stereocenters. The fraction of sp³-hybridized carbons (Fsp3) is 0.0667. The molecule has 1 heterocycles. The van der Waals surface area contributed by atoms with Gasteiger partial charge in [0.25, 0.3) is 5.91 Å². The van der Waals surface area contributed by atoms with Gasteiger partial charge in [0.1, 0.15) is 5.75 Å². The van der Waals surface area contributed by atoms with Crippen molar-refractivity contribution >= 4 is 28.4 Å². The first-order chi connectivity index (χ1) is 19.0. The first kappa shape index (κ1) is 26.2. The summed E-state index contributed by atoms with van der Waals surface area (Å²) in [6.07, 6.45) is -3.03.